The van der Waals surface area contributed by atoms with Crippen molar-refractivity contribution in [2.45, 2.75) is 6.42 Å². The SMILES string of the molecule is O=C(Cc1ccccc1)N1CCN(c2cc(Oc3ccc(F)c(F)c3)ncn2)CC1. The zero-order valence-corrected chi connectivity index (χ0v) is 16.2. The normalized spacial score (nSPS) is 13.9. The first-order chi connectivity index (χ1) is 14.6. The van der Waals surface area contributed by atoms with Crippen molar-refractivity contribution in [2.24, 2.45) is 0 Å². The molecule has 1 amide bonds. The highest BCUT2D eigenvalue weighted by Crippen LogP contribution is 2.24. The lowest BCUT2D eigenvalue weighted by atomic mass is 10.1. The molecule has 8 heteroatoms. The predicted octanol–water partition coefficient (Wildman–Crippen LogP) is 3.44. The molecule has 1 fully saturated rings. The fourth-order valence-corrected chi connectivity index (χ4v) is 3.29. The Bertz CT molecular complexity index is 1020. The van der Waals surface area contributed by atoms with Crippen LogP contribution in [0.5, 0.6) is 11.6 Å². The van der Waals surface area contributed by atoms with Crippen LogP contribution in [0.3, 0.4) is 0 Å². The first-order valence-electron chi connectivity index (χ1n) is 9.60. The molecule has 0 unspecified atom stereocenters. The second-order valence-corrected chi connectivity index (χ2v) is 6.92. The molecule has 0 spiro atoms. The Morgan fingerprint density at radius 1 is 0.933 bits per heavy atom. The molecule has 3 aromatic rings. The molecule has 0 saturated carbocycles. The van der Waals surface area contributed by atoms with Gasteiger partial charge in [-0.2, -0.15) is 0 Å². The van der Waals surface area contributed by atoms with Crippen LogP contribution in [-0.2, 0) is 11.2 Å². The number of halogens is 2. The van der Waals surface area contributed by atoms with Crippen LogP contribution in [0.4, 0.5) is 14.6 Å². The van der Waals surface area contributed by atoms with E-state index in [1.807, 2.05) is 40.1 Å². The molecule has 0 atom stereocenters. The van der Waals surface area contributed by atoms with Gasteiger partial charge in [-0.15, -0.1) is 0 Å². The number of benzene rings is 2. The van der Waals surface area contributed by atoms with Gasteiger partial charge in [0.25, 0.3) is 0 Å². The van der Waals surface area contributed by atoms with Crippen LogP contribution >= 0.6 is 0 Å². The number of anilines is 1. The molecule has 0 aliphatic carbocycles. The minimum absolute atomic E-state index is 0.103. The van der Waals surface area contributed by atoms with Crippen LogP contribution in [0, 0.1) is 11.6 Å². The summed E-state index contributed by atoms with van der Waals surface area (Å²) >= 11 is 0. The zero-order valence-electron chi connectivity index (χ0n) is 16.2. The highest BCUT2D eigenvalue weighted by molar-refractivity contribution is 5.79. The fourth-order valence-electron chi connectivity index (χ4n) is 3.29. The van der Waals surface area contributed by atoms with E-state index in [4.69, 9.17) is 4.74 Å². The maximum absolute atomic E-state index is 13.4. The van der Waals surface area contributed by atoms with Gasteiger partial charge >= 0.3 is 0 Å². The second-order valence-electron chi connectivity index (χ2n) is 6.92. The van der Waals surface area contributed by atoms with E-state index in [2.05, 4.69) is 9.97 Å². The molecule has 2 aromatic carbocycles. The van der Waals surface area contributed by atoms with E-state index in [1.165, 1.54) is 12.4 Å². The molecule has 2 heterocycles. The molecule has 6 nitrogen and oxygen atoms in total. The van der Waals surface area contributed by atoms with Gasteiger partial charge in [0.2, 0.25) is 11.8 Å². The average Bonchev–Trinajstić information content (AvgIpc) is 2.77. The van der Waals surface area contributed by atoms with Gasteiger partial charge in [-0.05, 0) is 17.7 Å². The molecular weight excluding hydrogens is 390 g/mol. The molecule has 30 heavy (non-hydrogen) atoms. The topological polar surface area (TPSA) is 58.6 Å². The minimum atomic E-state index is -0.988. The number of nitrogens with zero attached hydrogens (tertiary/aromatic N) is 4. The lowest BCUT2D eigenvalue weighted by Gasteiger charge is -2.35. The molecule has 154 valence electrons. The third-order valence-corrected chi connectivity index (χ3v) is 4.90. The van der Waals surface area contributed by atoms with Crippen molar-refractivity contribution in [3.8, 4) is 11.6 Å². The van der Waals surface area contributed by atoms with Gasteiger partial charge in [-0.3, -0.25) is 4.79 Å². The largest absolute Gasteiger partial charge is 0.439 e. The molecule has 0 bridgehead atoms. The van der Waals surface area contributed by atoms with Crippen LogP contribution in [0.15, 0.2) is 60.9 Å². The fraction of sp³-hybridized carbons (Fsp3) is 0.227. The van der Waals surface area contributed by atoms with Crippen LogP contribution in [-0.4, -0.2) is 47.0 Å². The monoisotopic (exact) mass is 410 g/mol. The maximum atomic E-state index is 13.4. The summed E-state index contributed by atoms with van der Waals surface area (Å²) in [5, 5.41) is 0. The quantitative estimate of drug-likeness (QED) is 0.645. The van der Waals surface area contributed by atoms with Crippen LogP contribution < -0.4 is 9.64 Å². The highest BCUT2D eigenvalue weighted by atomic mass is 19.2. The number of hydrogen-bond donors (Lipinski definition) is 0. The lowest BCUT2D eigenvalue weighted by molar-refractivity contribution is -0.130. The highest BCUT2D eigenvalue weighted by Gasteiger charge is 2.22. The number of hydrogen-bond acceptors (Lipinski definition) is 5. The predicted molar refractivity (Wildman–Crippen MR) is 107 cm³/mol. The summed E-state index contributed by atoms with van der Waals surface area (Å²) in [6, 6.07) is 14.6. The van der Waals surface area contributed by atoms with E-state index in [0.29, 0.717) is 38.4 Å². The van der Waals surface area contributed by atoms with Gasteiger partial charge in [0.1, 0.15) is 17.9 Å². The Morgan fingerprint density at radius 3 is 2.43 bits per heavy atom. The Labute approximate surface area is 172 Å². The molecule has 0 N–H and O–H groups in total. The lowest BCUT2D eigenvalue weighted by Crippen LogP contribution is -2.49. The molecule has 1 aliphatic heterocycles. The van der Waals surface area contributed by atoms with E-state index >= 15 is 0 Å². The molecule has 1 aliphatic rings. The summed E-state index contributed by atoms with van der Waals surface area (Å²) < 4.78 is 32.0. The van der Waals surface area contributed by atoms with Crippen LogP contribution in [0.25, 0.3) is 0 Å². The van der Waals surface area contributed by atoms with E-state index in [9.17, 15) is 13.6 Å². The minimum Gasteiger partial charge on any atom is -0.439 e. The van der Waals surface area contributed by atoms with Crippen LogP contribution in [0.1, 0.15) is 5.56 Å². The Kier molecular flexibility index (Phi) is 5.83. The van der Waals surface area contributed by atoms with Gasteiger partial charge in [-0.1, -0.05) is 30.3 Å². The number of piperazine rings is 1. The summed E-state index contributed by atoms with van der Waals surface area (Å²) in [6.07, 6.45) is 1.75. The average molecular weight is 410 g/mol. The van der Waals surface area contributed by atoms with Gasteiger partial charge < -0.3 is 14.5 Å². The van der Waals surface area contributed by atoms with E-state index in [0.717, 1.165) is 17.7 Å². The summed E-state index contributed by atoms with van der Waals surface area (Å²) in [5.41, 5.74) is 1.000. The molecule has 1 saturated heterocycles. The Balaban J connectivity index is 1.36. The van der Waals surface area contributed by atoms with Gasteiger partial charge in [-0.25, -0.2) is 18.7 Å². The smallest absolute Gasteiger partial charge is 0.227 e. The van der Waals surface area contributed by atoms with E-state index in [-0.39, 0.29) is 17.5 Å². The summed E-state index contributed by atoms with van der Waals surface area (Å²) in [5.74, 6) is -0.796. The van der Waals surface area contributed by atoms with Gasteiger partial charge in [0.15, 0.2) is 11.6 Å². The molecule has 0 radical (unpaired) electrons. The third-order valence-electron chi connectivity index (χ3n) is 4.90. The number of rotatable bonds is 5. The third kappa shape index (κ3) is 4.71. The number of amides is 1. The zero-order chi connectivity index (χ0) is 20.9. The standard InChI is InChI=1S/C22H20F2N4O2/c23-18-7-6-17(13-19(18)24)30-21-14-20(25-15-26-21)27-8-10-28(11-9-27)22(29)12-16-4-2-1-3-5-16/h1-7,13-15H,8-12H2. The van der Waals surface area contributed by atoms with E-state index in [1.54, 1.807) is 6.07 Å². The number of carbonyl (C=O) groups excluding carboxylic acids is 1. The van der Waals surface area contributed by atoms with Crippen molar-refractivity contribution in [2.75, 3.05) is 31.1 Å². The number of aromatic nitrogens is 2. The maximum Gasteiger partial charge on any atom is 0.227 e. The van der Waals surface area contributed by atoms with Gasteiger partial charge in [0, 0.05) is 38.3 Å². The van der Waals surface area contributed by atoms with Crippen molar-refractivity contribution in [1.82, 2.24) is 14.9 Å². The van der Waals surface area contributed by atoms with Crippen LogP contribution in [0.2, 0.25) is 0 Å². The molecular formula is C22H20F2N4O2. The van der Waals surface area contributed by atoms with Crippen molar-refractivity contribution >= 4 is 11.7 Å². The Morgan fingerprint density at radius 2 is 1.70 bits per heavy atom. The summed E-state index contributed by atoms with van der Waals surface area (Å²) in [6.45, 7) is 2.44. The number of ether oxygens (including phenoxy) is 1. The van der Waals surface area contributed by atoms with Crippen molar-refractivity contribution < 1.29 is 18.3 Å². The van der Waals surface area contributed by atoms with Crippen molar-refractivity contribution in [3.05, 3.63) is 78.1 Å². The molecule has 4 rings (SSSR count). The first-order valence-corrected chi connectivity index (χ1v) is 9.60. The summed E-state index contributed by atoms with van der Waals surface area (Å²) in [4.78, 5) is 24.7. The second kappa shape index (κ2) is 8.86. The summed E-state index contributed by atoms with van der Waals surface area (Å²) in [7, 11) is 0. The van der Waals surface area contributed by atoms with Crippen molar-refractivity contribution in [1.29, 1.82) is 0 Å². The van der Waals surface area contributed by atoms with Gasteiger partial charge in [0.05, 0.1) is 6.42 Å². The Hall–Kier alpha value is -3.55. The first kappa shape index (κ1) is 19.8. The van der Waals surface area contributed by atoms with Crippen molar-refractivity contribution in [3.63, 3.8) is 0 Å². The number of carbonyl (C=O) groups is 1. The van der Waals surface area contributed by atoms with E-state index < -0.39 is 11.6 Å². The molecule has 1 aromatic heterocycles.